The minimum Gasteiger partial charge on any atom is -0.382 e. The van der Waals surface area contributed by atoms with Crippen LogP contribution in [0.15, 0.2) is 30.5 Å². The monoisotopic (exact) mass is 207 g/mol. The summed E-state index contributed by atoms with van der Waals surface area (Å²) in [5.74, 6) is -0.325. The van der Waals surface area contributed by atoms with Gasteiger partial charge in [0.1, 0.15) is 11.9 Å². The summed E-state index contributed by atoms with van der Waals surface area (Å²) in [4.78, 5) is 0. The topological polar surface area (TPSA) is 50.9 Å². The summed E-state index contributed by atoms with van der Waals surface area (Å²) in [7, 11) is 1.69. The Morgan fingerprint density at radius 3 is 2.53 bits per heavy atom. The Bertz CT molecular complexity index is 452. The summed E-state index contributed by atoms with van der Waals surface area (Å²) < 4.78 is 14.1. The smallest absolute Gasteiger partial charge is 0.123 e. The van der Waals surface area contributed by atoms with Gasteiger partial charge >= 0.3 is 0 Å². The molecule has 0 radical (unpaired) electrons. The van der Waals surface area contributed by atoms with E-state index in [1.807, 2.05) is 0 Å². The molecular formula is C10H10FN3O. The van der Waals surface area contributed by atoms with E-state index in [4.69, 9.17) is 0 Å². The van der Waals surface area contributed by atoms with Gasteiger partial charge in [-0.1, -0.05) is 17.3 Å². The van der Waals surface area contributed by atoms with Gasteiger partial charge in [-0.3, -0.25) is 0 Å². The van der Waals surface area contributed by atoms with Crippen molar-refractivity contribution in [2.75, 3.05) is 0 Å². The van der Waals surface area contributed by atoms with Crippen LogP contribution in [0, 0.1) is 5.82 Å². The second kappa shape index (κ2) is 3.78. The van der Waals surface area contributed by atoms with Crippen LogP contribution >= 0.6 is 0 Å². The molecule has 0 saturated heterocycles. The summed E-state index contributed by atoms with van der Waals surface area (Å²) in [5.41, 5.74) is 1.18. The molecule has 0 amide bonds. The van der Waals surface area contributed by atoms with Gasteiger partial charge in [0.15, 0.2) is 0 Å². The molecule has 0 fully saturated rings. The van der Waals surface area contributed by atoms with Crippen molar-refractivity contribution in [1.29, 1.82) is 0 Å². The molecule has 0 spiro atoms. The first-order valence-electron chi connectivity index (χ1n) is 4.46. The van der Waals surface area contributed by atoms with E-state index in [1.165, 1.54) is 35.1 Å². The Morgan fingerprint density at radius 1 is 1.33 bits per heavy atom. The predicted octanol–water partition coefficient (Wildman–Crippen LogP) is 1.04. The quantitative estimate of drug-likeness (QED) is 0.800. The van der Waals surface area contributed by atoms with Crippen molar-refractivity contribution in [3.8, 4) is 0 Å². The molecule has 0 aliphatic rings. The van der Waals surface area contributed by atoms with Gasteiger partial charge in [0.25, 0.3) is 0 Å². The van der Waals surface area contributed by atoms with Crippen molar-refractivity contribution in [3.63, 3.8) is 0 Å². The second-order valence-electron chi connectivity index (χ2n) is 3.24. The number of halogens is 1. The zero-order valence-corrected chi connectivity index (χ0v) is 8.13. The normalized spacial score (nSPS) is 12.7. The molecule has 1 heterocycles. The molecule has 4 nitrogen and oxygen atoms in total. The third-order valence-corrected chi connectivity index (χ3v) is 2.22. The Kier molecular flexibility index (Phi) is 2.47. The lowest BCUT2D eigenvalue weighted by Gasteiger charge is -2.09. The van der Waals surface area contributed by atoms with Crippen LogP contribution in [0.5, 0.6) is 0 Å². The number of hydrogen-bond donors (Lipinski definition) is 1. The van der Waals surface area contributed by atoms with E-state index in [-0.39, 0.29) is 5.82 Å². The third kappa shape index (κ3) is 1.87. The lowest BCUT2D eigenvalue weighted by Crippen LogP contribution is -2.06. The first-order chi connectivity index (χ1) is 7.18. The Morgan fingerprint density at radius 2 is 2.00 bits per heavy atom. The van der Waals surface area contributed by atoms with Crippen molar-refractivity contribution >= 4 is 0 Å². The Labute approximate surface area is 86.0 Å². The fourth-order valence-electron chi connectivity index (χ4n) is 1.36. The van der Waals surface area contributed by atoms with Crippen LogP contribution in [0.3, 0.4) is 0 Å². The fourth-order valence-corrected chi connectivity index (χ4v) is 1.36. The number of aliphatic hydroxyl groups is 1. The molecule has 0 bridgehead atoms. The van der Waals surface area contributed by atoms with Crippen LogP contribution in [0.4, 0.5) is 4.39 Å². The number of benzene rings is 1. The predicted molar refractivity (Wildman–Crippen MR) is 51.5 cm³/mol. The molecule has 1 aromatic heterocycles. The van der Waals surface area contributed by atoms with Crippen molar-refractivity contribution in [2.45, 2.75) is 6.10 Å². The van der Waals surface area contributed by atoms with E-state index in [9.17, 15) is 9.50 Å². The van der Waals surface area contributed by atoms with Gasteiger partial charge in [0.2, 0.25) is 0 Å². The van der Waals surface area contributed by atoms with Crippen molar-refractivity contribution in [1.82, 2.24) is 15.0 Å². The van der Waals surface area contributed by atoms with Gasteiger partial charge < -0.3 is 5.11 Å². The van der Waals surface area contributed by atoms with Gasteiger partial charge in [0, 0.05) is 7.05 Å². The maximum absolute atomic E-state index is 12.7. The molecule has 1 aromatic carbocycles. The zero-order valence-electron chi connectivity index (χ0n) is 8.13. The highest BCUT2D eigenvalue weighted by molar-refractivity contribution is 5.24. The molecule has 2 rings (SSSR count). The number of nitrogens with zero attached hydrogens (tertiary/aromatic N) is 3. The average Bonchev–Trinajstić information content (AvgIpc) is 2.65. The van der Waals surface area contributed by atoms with E-state index in [1.54, 1.807) is 7.05 Å². The average molecular weight is 207 g/mol. The molecule has 0 aliphatic heterocycles. The van der Waals surface area contributed by atoms with Crippen LogP contribution in [-0.2, 0) is 7.05 Å². The SMILES string of the molecule is Cn1nncc1C(O)c1ccc(F)cc1. The second-order valence-corrected chi connectivity index (χ2v) is 3.24. The number of rotatable bonds is 2. The highest BCUT2D eigenvalue weighted by Crippen LogP contribution is 2.20. The summed E-state index contributed by atoms with van der Waals surface area (Å²) in [6.45, 7) is 0. The number of hydrogen-bond acceptors (Lipinski definition) is 3. The molecule has 1 unspecified atom stereocenters. The zero-order chi connectivity index (χ0) is 10.8. The first-order valence-corrected chi connectivity index (χ1v) is 4.46. The van der Waals surface area contributed by atoms with Crippen LogP contribution in [0.2, 0.25) is 0 Å². The minimum absolute atomic E-state index is 0.325. The summed E-state index contributed by atoms with van der Waals surface area (Å²) in [6, 6.07) is 5.69. The van der Waals surface area contributed by atoms with Gasteiger partial charge in [-0.05, 0) is 17.7 Å². The molecule has 0 aliphatic carbocycles. The van der Waals surface area contributed by atoms with Gasteiger partial charge in [-0.25, -0.2) is 9.07 Å². The summed E-state index contributed by atoms with van der Waals surface area (Å²) in [6.07, 6.45) is 0.652. The largest absolute Gasteiger partial charge is 0.382 e. The molecule has 0 saturated carbocycles. The van der Waals surface area contributed by atoms with E-state index in [0.29, 0.717) is 11.3 Å². The van der Waals surface area contributed by atoms with E-state index >= 15 is 0 Å². The summed E-state index contributed by atoms with van der Waals surface area (Å²) in [5, 5.41) is 17.3. The number of aromatic nitrogens is 3. The van der Waals surface area contributed by atoms with E-state index in [0.717, 1.165) is 0 Å². The standard InChI is InChI=1S/C10H10FN3O/c1-14-9(6-12-13-14)10(15)7-2-4-8(11)5-3-7/h2-6,10,15H,1H3. The highest BCUT2D eigenvalue weighted by atomic mass is 19.1. The minimum atomic E-state index is -0.828. The van der Waals surface area contributed by atoms with Gasteiger partial charge in [-0.2, -0.15) is 0 Å². The molecule has 1 atom stereocenters. The van der Waals surface area contributed by atoms with Crippen LogP contribution in [-0.4, -0.2) is 20.1 Å². The molecule has 78 valence electrons. The molecule has 2 aromatic rings. The fraction of sp³-hybridized carbons (Fsp3) is 0.200. The molecule has 15 heavy (non-hydrogen) atoms. The van der Waals surface area contributed by atoms with Gasteiger partial charge in [-0.15, -0.1) is 5.10 Å². The summed E-state index contributed by atoms with van der Waals surface area (Å²) >= 11 is 0. The molecular weight excluding hydrogens is 197 g/mol. The molecule has 1 N–H and O–H groups in total. The van der Waals surface area contributed by atoms with Crippen molar-refractivity contribution < 1.29 is 9.50 Å². The van der Waals surface area contributed by atoms with Crippen molar-refractivity contribution in [2.24, 2.45) is 7.05 Å². The van der Waals surface area contributed by atoms with Crippen molar-refractivity contribution in [3.05, 3.63) is 47.5 Å². The lowest BCUT2D eigenvalue weighted by atomic mass is 10.1. The number of aryl methyl sites for hydroxylation is 1. The van der Waals surface area contributed by atoms with E-state index < -0.39 is 6.10 Å². The van der Waals surface area contributed by atoms with Gasteiger partial charge in [0.05, 0.1) is 11.9 Å². The number of aliphatic hydroxyl groups excluding tert-OH is 1. The highest BCUT2D eigenvalue weighted by Gasteiger charge is 2.14. The van der Waals surface area contributed by atoms with Crippen LogP contribution in [0.1, 0.15) is 17.4 Å². The Balaban J connectivity index is 2.32. The third-order valence-electron chi connectivity index (χ3n) is 2.22. The molecule has 5 heteroatoms. The first kappa shape index (κ1) is 9.79. The van der Waals surface area contributed by atoms with Crippen LogP contribution < -0.4 is 0 Å². The Hall–Kier alpha value is -1.75. The lowest BCUT2D eigenvalue weighted by molar-refractivity contribution is 0.209. The maximum Gasteiger partial charge on any atom is 0.123 e. The maximum atomic E-state index is 12.7. The van der Waals surface area contributed by atoms with E-state index in [2.05, 4.69) is 10.3 Å². The van der Waals surface area contributed by atoms with Crippen LogP contribution in [0.25, 0.3) is 0 Å².